The summed E-state index contributed by atoms with van der Waals surface area (Å²) >= 11 is 6.27. The van der Waals surface area contributed by atoms with Gasteiger partial charge in [-0.3, -0.25) is 8.88 Å². The first-order valence-electron chi connectivity index (χ1n) is 5.57. The second-order valence-corrected chi connectivity index (χ2v) is 4.52. The van der Waals surface area contributed by atoms with Gasteiger partial charge in [-0.25, -0.2) is 0 Å². The van der Waals surface area contributed by atoms with Crippen molar-refractivity contribution in [3.8, 4) is 0 Å². The number of hydrogen-bond donors (Lipinski definition) is 1. The number of fused-ring (bicyclic) bond motifs is 3. The minimum absolute atomic E-state index is 0.00222. The topological polar surface area (TPSA) is 42.2 Å². The Morgan fingerprint density at radius 2 is 1.83 bits per heavy atom. The van der Waals surface area contributed by atoms with Gasteiger partial charge in [-0.1, -0.05) is 30.3 Å². The third kappa shape index (κ3) is 1.56. The summed E-state index contributed by atoms with van der Waals surface area (Å²) in [6.07, 6.45) is 0.00222. The monoisotopic (exact) mass is 259 g/mol. The fourth-order valence-corrected chi connectivity index (χ4v) is 2.65. The van der Waals surface area contributed by atoms with Crippen LogP contribution in [0.15, 0.2) is 42.5 Å². The summed E-state index contributed by atoms with van der Waals surface area (Å²) in [5.41, 5.74) is 2.53. The average Bonchev–Trinajstić information content (AvgIpc) is 2.65. The van der Waals surface area contributed by atoms with Crippen LogP contribution in [0.25, 0.3) is 21.8 Å². The van der Waals surface area contributed by atoms with Gasteiger partial charge in [-0.05, 0) is 17.7 Å². The number of aliphatic carboxylic acids is 1. The van der Waals surface area contributed by atoms with Crippen LogP contribution in [0.2, 0.25) is 0 Å². The third-order valence-electron chi connectivity index (χ3n) is 3.07. The number of nitrogens with zero attached hydrogens (tertiary/aromatic N) is 1. The molecule has 2 aromatic carbocycles. The van der Waals surface area contributed by atoms with E-state index in [1.807, 2.05) is 42.5 Å². The molecule has 3 rings (SSSR count). The van der Waals surface area contributed by atoms with Crippen LogP contribution in [0.1, 0.15) is 5.56 Å². The Balaban J connectivity index is 2.45. The van der Waals surface area contributed by atoms with Crippen molar-refractivity contribution in [1.29, 1.82) is 0 Å². The summed E-state index contributed by atoms with van der Waals surface area (Å²) in [6, 6.07) is 13.3. The van der Waals surface area contributed by atoms with E-state index in [-0.39, 0.29) is 6.42 Å². The number of benzene rings is 2. The molecular formula is C14H10ClNO2. The molecule has 0 amide bonds. The zero-order valence-corrected chi connectivity index (χ0v) is 10.2. The number of carbonyl (C=O) groups is 1. The summed E-state index contributed by atoms with van der Waals surface area (Å²) in [7, 11) is 0. The maximum absolute atomic E-state index is 10.9. The molecule has 0 spiro atoms. The van der Waals surface area contributed by atoms with Crippen LogP contribution >= 0.6 is 11.8 Å². The molecule has 0 atom stereocenters. The van der Waals surface area contributed by atoms with E-state index in [0.29, 0.717) is 0 Å². The van der Waals surface area contributed by atoms with Crippen LogP contribution in [0, 0.1) is 0 Å². The molecule has 0 aliphatic rings. The van der Waals surface area contributed by atoms with Gasteiger partial charge in [-0.15, -0.1) is 0 Å². The standard InChI is InChI=1S/C14H10ClNO2/c15-16-11-6-2-1-5-10(11)14-9(8-13(17)18)4-3-7-12(14)16/h1-7H,8H2,(H,17,18). The van der Waals surface area contributed by atoms with Gasteiger partial charge in [0, 0.05) is 22.5 Å². The fraction of sp³-hybridized carbons (Fsp3) is 0.0714. The molecule has 3 aromatic rings. The molecule has 0 fully saturated rings. The number of aromatic nitrogens is 1. The highest BCUT2D eigenvalue weighted by atomic mass is 35.5. The number of carboxylic acids is 1. The first-order valence-corrected chi connectivity index (χ1v) is 5.91. The highest BCUT2D eigenvalue weighted by molar-refractivity contribution is 6.27. The number of hydrogen-bond acceptors (Lipinski definition) is 1. The third-order valence-corrected chi connectivity index (χ3v) is 3.43. The van der Waals surface area contributed by atoms with E-state index in [9.17, 15) is 4.79 Å². The lowest BCUT2D eigenvalue weighted by molar-refractivity contribution is -0.136. The lowest BCUT2D eigenvalue weighted by atomic mass is 10.0. The van der Waals surface area contributed by atoms with Gasteiger partial charge < -0.3 is 5.11 Å². The molecule has 0 saturated heterocycles. The van der Waals surface area contributed by atoms with Crippen LogP contribution in [0.5, 0.6) is 0 Å². The lowest BCUT2D eigenvalue weighted by Gasteiger charge is -2.00. The van der Waals surface area contributed by atoms with Gasteiger partial charge >= 0.3 is 5.97 Å². The zero-order chi connectivity index (χ0) is 12.7. The second kappa shape index (κ2) is 4.03. The first kappa shape index (κ1) is 11.1. The normalized spacial score (nSPS) is 11.2. The van der Waals surface area contributed by atoms with E-state index in [4.69, 9.17) is 16.9 Å². The van der Waals surface area contributed by atoms with Crippen molar-refractivity contribution in [2.75, 3.05) is 0 Å². The van der Waals surface area contributed by atoms with E-state index in [1.165, 1.54) is 0 Å². The van der Waals surface area contributed by atoms with E-state index in [0.717, 1.165) is 27.4 Å². The second-order valence-electron chi connectivity index (χ2n) is 4.18. The number of carboxylic acid groups (broad SMARTS) is 1. The molecule has 0 aliphatic carbocycles. The van der Waals surface area contributed by atoms with Crippen molar-refractivity contribution in [2.24, 2.45) is 0 Å². The Labute approximate surface area is 108 Å². The van der Waals surface area contributed by atoms with Crippen LogP contribution in [-0.2, 0) is 11.2 Å². The molecule has 90 valence electrons. The fourth-order valence-electron chi connectivity index (χ4n) is 2.36. The van der Waals surface area contributed by atoms with Gasteiger partial charge in [-0.2, -0.15) is 0 Å². The Bertz CT molecular complexity index is 761. The number of rotatable bonds is 2. The van der Waals surface area contributed by atoms with Crippen LogP contribution in [-0.4, -0.2) is 15.2 Å². The van der Waals surface area contributed by atoms with Crippen LogP contribution in [0.4, 0.5) is 0 Å². The smallest absolute Gasteiger partial charge is 0.307 e. The molecule has 0 bridgehead atoms. The quantitative estimate of drug-likeness (QED) is 0.766. The number of para-hydroxylation sites is 1. The maximum atomic E-state index is 10.9. The van der Waals surface area contributed by atoms with Crippen molar-refractivity contribution in [2.45, 2.75) is 6.42 Å². The average molecular weight is 260 g/mol. The Hall–Kier alpha value is -2.00. The highest BCUT2D eigenvalue weighted by Crippen LogP contribution is 2.32. The Morgan fingerprint density at radius 3 is 2.61 bits per heavy atom. The largest absolute Gasteiger partial charge is 0.481 e. The minimum Gasteiger partial charge on any atom is -0.481 e. The summed E-state index contributed by atoms with van der Waals surface area (Å²) < 4.78 is 1.58. The van der Waals surface area contributed by atoms with Gasteiger partial charge in [0.1, 0.15) is 0 Å². The predicted molar refractivity (Wildman–Crippen MR) is 72.0 cm³/mol. The number of halogens is 1. The molecule has 0 saturated carbocycles. The molecule has 1 heterocycles. The molecule has 0 aliphatic heterocycles. The predicted octanol–water partition coefficient (Wildman–Crippen LogP) is 3.42. The van der Waals surface area contributed by atoms with Crippen LogP contribution < -0.4 is 0 Å². The van der Waals surface area contributed by atoms with Crippen molar-refractivity contribution in [1.82, 2.24) is 4.09 Å². The molecule has 1 aromatic heterocycles. The van der Waals surface area contributed by atoms with Gasteiger partial charge in [0.15, 0.2) is 0 Å². The Kier molecular flexibility index (Phi) is 2.49. The molecule has 0 radical (unpaired) electrons. The summed E-state index contributed by atoms with van der Waals surface area (Å²) in [6.45, 7) is 0. The molecule has 4 heteroatoms. The molecule has 0 unspecified atom stereocenters. The van der Waals surface area contributed by atoms with Gasteiger partial charge in [0.05, 0.1) is 17.5 Å². The SMILES string of the molecule is O=C(O)Cc1cccc2c1c1ccccc1n2Cl. The molecule has 3 nitrogen and oxygen atoms in total. The van der Waals surface area contributed by atoms with Crippen molar-refractivity contribution >= 4 is 39.6 Å². The van der Waals surface area contributed by atoms with E-state index < -0.39 is 5.97 Å². The maximum Gasteiger partial charge on any atom is 0.307 e. The van der Waals surface area contributed by atoms with Gasteiger partial charge in [0.25, 0.3) is 0 Å². The van der Waals surface area contributed by atoms with Crippen molar-refractivity contribution in [3.63, 3.8) is 0 Å². The summed E-state index contributed by atoms with van der Waals surface area (Å²) in [5, 5.41) is 10.9. The van der Waals surface area contributed by atoms with E-state index >= 15 is 0 Å². The Morgan fingerprint density at radius 1 is 1.11 bits per heavy atom. The highest BCUT2D eigenvalue weighted by Gasteiger charge is 2.13. The van der Waals surface area contributed by atoms with Gasteiger partial charge in [0.2, 0.25) is 0 Å². The summed E-state index contributed by atoms with van der Waals surface area (Å²) in [5.74, 6) is -0.839. The van der Waals surface area contributed by atoms with Crippen molar-refractivity contribution in [3.05, 3.63) is 48.0 Å². The molecular weight excluding hydrogens is 250 g/mol. The van der Waals surface area contributed by atoms with E-state index in [2.05, 4.69) is 0 Å². The van der Waals surface area contributed by atoms with E-state index in [1.54, 1.807) is 4.09 Å². The minimum atomic E-state index is -0.839. The first-order chi connectivity index (χ1) is 8.68. The lowest BCUT2D eigenvalue weighted by Crippen LogP contribution is -2.00. The molecule has 1 N–H and O–H groups in total. The zero-order valence-electron chi connectivity index (χ0n) is 9.43. The van der Waals surface area contributed by atoms with Crippen LogP contribution in [0.3, 0.4) is 0 Å². The summed E-state index contributed by atoms with van der Waals surface area (Å²) in [4.78, 5) is 10.9. The van der Waals surface area contributed by atoms with Crippen molar-refractivity contribution < 1.29 is 9.90 Å². The molecule has 18 heavy (non-hydrogen) atoms.